The number of nitrogens with one attached hydrogen (secondary N) is 2. The van der Waals surface area contributed by atoms with Crippen LogP contribution in [0.2, 0.25) is 0 Å². The van der Waals surface area contributed by atoms with Crippen LogP contribution in [0.15, 0.2) is 30.6 Å². The molecule has 5 nitrogen and oxygen atoms in total. The molecule has 0 aliphatic rings. The average Bonchev–Trinajstić information content (AvgIpc) is 2.44. The third-order valence-electron chi connectivity index (χ3n) is 2.79. The highest BCUT2D eigenvalue weighted by atomic mass is 16.5. The number of hydrogen-bond donors (Lipinski definition) is 2. The molecule has 0 fully saturated rings. The first-order chi connectivity index (χ1) is 9.26. The van der Waals surface area contributed by atoms with Crippen LogP contribution in [0.3, 0.4) is 0 Å². The number of benzene rings is 1. The summed E-state index contributed by atoms with van der Waals surface area (Å²) in [4.78, 5) is 8.49. The van der Waals surface area contributed by atoms with Gasteiger partial charge in [-0.1, -0.05) is 12.1 Å². The lowest BCUT2D eigenvalue weighted by Gasteiger charge is -2.13. The van der Waals surface area contributed by atoms with Crippen LogP contribution < -0.4 is 15.4 Å². The SMILES string of the molecule is CCNc1ncnc(Nc2ccccc2OC)c1C. The molecule has 2 aromatic rings. The van der Waals surface area contributed by atoms with E-state index in [2.05, 4.69) is 20.6 Å². The Morgan fingerprint density at radius 1 is 1.16 bits per heavy atom. The molecule has 1 aromatic heterocycles. The summed E-state index contributed by atoms with van der Waals surface area (Å²) in [5, 5.41) is 6.48. The van der Waals surface area contributed by atoms with Crippen LogP contribution in [0.25, 0.3) is 0 Å². The van der Waals surface area contributed by atoms with Gasteiger partial charge in [0.15, 0.2) is 0 Å². The zero-order valence-electron chi connectivity index (χ0n) is 11.4. The van der Waals surface area contributed by atoms with E-state index in [1.807, 2.05) is 38.1 Å². The van der Waals surface area contributed by atoms with Crippen LogP contribution >= 0.6 is 0 Å². The maximum Gasteiger partial charge on any atom is 0.142 e. The fourth-order valence-corrected chi connectivity index (χ4v) is 1.80. The summed E-state index contributed by atoms with van der Waals surface area (Å²) in [6, 6.07) is 7.74. The van der Waals surface area contributed by atoms with E-state index in [9.17, 15) is 0 Å². The molecule has 0 radical (unpaired) electrons. The van der Waals surface area contributed by atoms with Crippen molar-refractivity contribution in [2.24, 2.45) is 0 Å². The Morgan fingerprint density at radius 3 is 2.63 bits per heavy atom. The standard InChI is InChI=1S/C14H18N4O/c1-4-15-13-10(2)14(17-9-16-13)18-11-7-5-6-8-12(11)19-3/h5-9H,4H2,1-3H3,(H2,15,16,17,18). The summed E-state index contributed by atoms with van der Waals surface area (Å²) < 4.78 is 5.31. The fraction of sp³-hybridized carbons (Fsp3) is 0.286. The van der Waals surface area contributed by atoms with Crippen molar-refractivity contribution in [1.29, 1.82) is 0 Å². The summed E-state index contributed by atoms with van der Waals surface area (Å²) in [6.45, 7) is 4.84. The Hall–Kier alpha value is -2.30. The van der Waals surface area contributed by atoms with Crippen molar-refractivity contribution >= 4 is 17.3 Å². The van der Waals surface area contributed by atoms with Crippen LogP contribution in [0, 0.1) is 6.92 Å². The fourth-order valence-electron chi connectivity index (χ4n) is 1.80. The molecular weight excluding hydrogens is 240 g/mol. The number of rotatable bonds is 5. The van der Waals surface area contributed by atoms with Gasteiger partial charge in [-0.15, -0.1) is 0 Å². The third kappa shape index (κ3) is 2.93. The van der Waals surface area contributed by atoms with E-state index in [1.165, 1.54) is 0 Å². The van der Waals surface area contributed by atoms with Crippen molar-refractivity contribution in [3.63, 3.8) is 0 Å². The highest BCUT2D eigenvalue weighted by Crippen LogP contribution is 2.28. The average molecular weight is 258 g/mol. The molecule has 1 aromatic carbocycles. The Morgan fingerprint density at radius 2 is 1.89 bits per heavy atom. The third-order valence-corrected chi connectivity index (χ3v) is 2.79. The minimum absolute atomic E-state index is 0.774. The van der Waals surface area contributed by atoms with Crippen molar-refractivity contribution < 1.29 is 4.74 Å². The Labute approximate surface area is 113 Å². The zero-order chi connectivity index (χ0) is 13.7. The molecule has 100 valence electrons. The van der Waals surface area contributed by atoms with Gasteiger partial charge in [0.05, 0.1) is 12.8 Å². The van der Waals surface area contributed by atoms with Gasteiger partial charge >= 0.3 is 0 Å². The molecule has 2 rings (SSSR count). The van der Waals surface area contributed by atoms with Gasteiger partial charge in [-0.25, -0.2) is 9.97 Å². The van der Waals surface area contributed by atoms with Crippen molar-refractivity contribution in [1.82, 2.24) is 9.97 Å². The van der Waals surface area contributed by atoms with Gasteiger partial charge in [-0.05, 0) is 26.0 Å². The van der Waals surface area contributed by atoms with E-state index in [0.29, 0.717) is 0 Å². The lowest BCUT2D eigenvalue weighted by Crippen LogP contribution is -2.05. The van der Waals surface area contributed by atoms with Gasteiger partial charge in [0, 0.05) is 12.1 Å². The lowest BCUT2D eigenvalue weighted by molar-refractivity contribution is 0.417. The Balaban J connectivity index is 2.30. The Bertz CT molecular complexity index is 557. The summed E-state index contributed by atoms with van der Waals surface area (Å²) in [5.41, 5.74) is 1.87. The molecule has 1 heterocycles. The van der Waals surface area contributed by atoms with Crippen molar-refractivity contribution in [2.75, 3.05) is 24.3 Å². The van der Waals surface area contributed by atoms with Gasteiger partial charge in [0.25, 0.3) is 0 Å². The monoisotopic (exact) mass is 258 g/mol. The van der Waals surface area contributed by atoms with Gasteiger partial charge in [-0.2, -0.15) is 0 Å². The first-order valence-corrected chi connectivity index (χ1v) is 6.21. The summed E-state index contributed by atoms with van der Waals surface area (Å²) >= 11 is 0. The molecule has 19 heavy (non-hydrogen) atoms. The van der Waals surface area contributed by atoms with Crippen LogP contribution in [0.1, 0.15) is 12.5 Å². The molecule has 0 atom stereocenters. The number of ether oxygens (including phenoxy) is 1. The summed E-state index contributed by atoms with van der Waals surface area (Å²) in [7, 11) is 1.65. The molecule has 0 aliphatic carbocycles. The number of para-hydroxylation sites is 2. The molecule has 0 unspecified atom stereocenters. The number of hydrogen-bond acceptors (Lipinski definition) is 5. The van der Waals surface area contributed by atoms with E-state index >= 15 is 0 Å². The normalized spacial score (nSPS) is 10.1. The predicted octanol–water partition coefficient (Wildman–Crippen LogP) is 2.97. The molecule has 0 spiro atoms. The largest absolute Gasteiger partial charge is 0.495 e. The topological polar surface area (TPSA) is 59.1 Å². The molecule has 0 saturated heterocycles. The highest BCUT2D eigenvalue weighted by molar-refractivity contribution is 5.68. The van der Waals surface area contributed by atoms with Crippen LogP contribution in [0.5, 0.6) is 5.75 Å². The van der Waals surface area contributed by atoms with Crippen molar-refractivity contribution in [3.05, 3.63) is 36.2 Å². The molecule has 5 heteroatoms. The minimum atomic E-state index is 0.774. The molecular formula is C14H18N4O. The number of aromatic nitrogens is 2. The van der Waals surface area contributed by atoms with Crippen LogP contribution in [0.4, 0.5) is 17.3 Å². The smallest absolute Gasteiger partial charge is 0.142 e. The minimum Gasteiger partial charge on any atom is -0.495 e. The second-order valence-corrected chi connectivity index (χ2v) is 4.05. The molecule has 2 N–H and O–H groups in total. The zero-order valence-corrected chi connectivity index (χ0v) is 11.4. The van der Waals surface area contributed by atoms with E-state index < -0.39 is 0 Å². The van der Waals surface area contributed by atoms with E-state index in [4.69, 9.17) is 4.74 Å². The number of nitrogens with zero attached hydrogens (tertiary/aromatic N) is 2. The van der Waals surface area contributed by atoms with Gasteiger partial charge in [0.1, 0.15) is 23.7 Å². The Kier molecular flexibility index (Phi) is 4.18. The number of anilines is 3. The van der Waals surface area contributed by atoms with Crippen molar-refractivity contribution in [3.8, 4) is 5.75 Å². The molecule has 0 bridgehead atoms. The quantitative estimate of drug-likeness (QED) is 0.863. The van der Waals surface area contributed by atoms with Gasteiger partial charge in [0.2, 0.25) is 0 Å². The summed E-state index contributed by atoms with van der Waals surface area (Å²) in [6.07, 6.45) is 1.54. The van der Waals surface area contributed by atoms with Crippen LogP contribution in [-0.2, 0) is 0 Å². The predicted molar refractivity (Wildman–Crippen MR) is 77.2 cm³/mol. The van der Waals surface area contributed by atoms with Crippen molar-refractivity contribution in [2.45, 2.75) is 13.8 Å². The van der Waals surface area contributed by atoms with E-state index in [1.54, 1.807) is 13.4 Å². The lowest BCUT2D eigenvalue weighted by atomic mass is 10.2. The second kappa shape index (κ2) is 6.04. The van der Waals surface area contributed by atoms with E-state index in [0.717, 1.165) is 35.2 Å². The maximum absolute atomic E-state index is 5.31. The van der Waals surface area contributed by atoms with Gasteiger partial charge < -0.3 is 15.4 Å². The molecule has 0 aliphatic heterocycles. The first kappa shape index (κ1) is 13.1. The van der Waals surface area contributed by atoms with Gasteiger partial charge in [-0.3, -0.25) is 0 Å². The van der Waals surface area contributed by atoms with Crippen LogP contribution in [-0.4, -0.2) is 23.6 Å². The van der Waals surface area contributed by atoms with E-state index in [-0.39, 0.29) is 0 Å². The maximum atomic E-state index is 5.31. The highest BCUT2D eigenvalue weighted by Gasteiger charge is 2.08. The number of methoxy groups -OCH3 is 1. The molecule has 0 saturated carbocycles. The first-order valence-electron chi connectivity index (χ1n) is 6.21. The molecule has 0 amide bonds. The second-order valence-electron chi connectivity index (χ2n) is 4.05. The summed E-state index contributed by atoms with van der Waals surface area (Å²) in [5.74, 6) is 2.40.